The predicted octanol–water partition coefficient (Wildman–Crippen LogP) is 5.91. The third kappa shape index (κ3) is 4.43. The van der Waals surface area contributed by atoms with Crippen molar-refractivity contribution >= 4 is 51.4 Å². The summed E-state index contributed by atoms with van der Waals surface area (Å²) >= 11 is 13.8. The maximum atomic E-state index is 12.3. The highest BCUT2D eigenvalue weighted by Gasteiger charge is 2.16. The Morgan fingerprint density at radius 2 is 2.07 bits per heavy atom. The fourth-order valence-corrected chi connectivity index (χ4v) is 4.10. The van der Waals surface area contributed by atoms with Crippen LogP contribution in [0.15, 0.2) is 47.8 Å². The number of nitrogens with one attached hydrogen (secondary N) is 1. The Morgan fingerprint density at radius 3 is 2.87 bits per heavy atom. The number of nitrogens with zero attached hydrogens (tertiary/aromatic N) is 3. The van der Waals surface area contributed by atoms with E-state index in [1.807, 2.05) is 29.6 Å². The van der Waals surface area contributed by atoms with Gasteiger partial charge in [-0.3, -0.25) is 10.1 Å². The fourth-order valence-electron chi connectivity index (χ4n) is 2.89. The Labute approximate surface area is 187 Å². The number of thiazole rings is 1. The van der Waals surface area contributed by atoms with Crippen molar-refractivity contribution in [2.45, 2.75) is 19.8 Å². The average molecular weight is 461 g/mol. The molecule has 2 aromatic heterocycles. The second kappa shape index (κ2) is 8.63. The van der Waals surface area contributed by atoms with Crippen LogP contribution in [0.2, 0.25) is 10.0 Å². The van der Waals surface area contributed by atoms with Gasteiger partial charge >= 0.3 is 0 Å². The van der Waals surface area contributed by atoms with Crippen molar-refractivity contribution < 1.29 is 9.53 Å². The van der Waals surface area contributed by atoms with E-state index in [2.05, 4.69) is 29.2 Å². The van der Waals surface area contributed by atoms with Crippen LogP contribution in [-0.2, 0) is 4.79 Å². The number of fused-ring (bicyclic) bond motifs is 1. The molecule has 0 saturated carbocycles. The summed E-state index contributed by atoms with van der Waals surface area (Å²) in [5.41, 5.74) is 2.64. The van der Waals surface area contributed by atoms with Gasteiger partial charge in [-0.05, 0) is 41.8 Å². The molecule has 1 amide bonds. The summed E-state index contributed by atoms with van der Waals surface area (Å²) in [5.74, 6) is 0.886. The Balaban J connectivity index is 1.47. The number of anilines is 1. The summed E-state index contributed by atoms with van der Waals surface area (Å²) in [6.07, 6.45) is 0. The number of ether oxygens (including phenoxy) is 1. The minimum Gasteiger partial charge on any atom is -0.484 e. The van der Waals surface area contributed by atoms with E-state index in [-0.39, 0.29) is 18.5 Å². The average Bonchev–Trinajstić information content (AvgIpc) is 3.28. The molecule has 1 N–H and O–H groups in total. The number of carbonyl (C=O) groups excluding carboxylic acids is 1. The van der Waals surface area contributed by atoms with E-state index in [0.717, 1.165) is 16.8 Å². The molecule has 2 heterocycles. The standard InChI is InChI=1S/C21H18Cl2N4O2S/c1-12(2)13-4-3-5-15(8-13)29-10-19(28)24-20-25-21-27(26-20)18(11-30-21)16-9-14(22)6-7-17(16)23/h3-9,11-12H,10H2,1-2H3,(H,24,26,28). The zero-order chi connectivity index (χ0) is 21.3. The van der Waals surface area contributed by atoms with Gasteiger partial charge in [0.25, 0.3) is 11.9 Å². The van der Waals surface area contributed by atoms with Crippen molar-refractivity contribution in [2.24, 2.45) is 0 Å². The molecule has 30 heavy (non-hydrogen) atoms. The molecule has 4 aromatic rings. The molecule has 0 spiro atoms. The minimum absolute atomic E-state index is 0.138. The van der Waals surface area contributed by atoms with Crippen molar-refractivity contribution in [3.63, 3.8) is 0 Å². The number of benzene rings is 2. The molecule has 154 valence electrons. The number of halogens is 2. The molecule has 6 nitrogen and oxygen atoms in total. The van der Waals surface area contributed by atoms with Crippen LogP contribution in [0.5, 0.6) is 5.75 Å². The topological polar surface area (TPSA) is 68.5 Å². The van der Waals surface area contributed by atoms with Crippen LogP contribution in [-0.4, -0.2) is 27.1 Å². The van der Waals surface area contributed by atoms with Crippen LogP contribution in [0.3, 0.4) is 0 Å². The Bertz CT molecular complexity index is 1220. The van der Waals surface area contributed by atoms with Crippen LogP contribution in [0.25, 0.3) is 16.2 Å². The molecule has 0 aliphatic heterocycles. The first kappa shape index (κ1) is 20.7. The molecular weight excluding hydrogens is 443 g/mol. The van der Waals surface area contributed by atoms with Crippen LogP contribution in [0, 0.1) is 0 Å². The highest BCUT2D eigenvalue weighted by atomic mass is 35.5. The van der Waals surface area contributed by atoms with Gasteiger partial charge in [-0.15, -0.1) is 16.4 Å². The highest BCUT2D eigenvalue weighted by molar-refractivity contribution is 7.15. The van der Waals surface area contributed by atoms with Crippen LogP contribution >= 0.6 is 34.5 Å². The quantitative estimate of drug-likeness (QED) is 0.388. The van der Waals surface area contributed by atoms with Gasteiger partial charge in [-0.2, -0.15) is 4.98 Å². The van der Waals surface area contributed by atoms with Gasteiger partial charge in [0, 0.05) is 16.0 Å². The van der Waals surface area contributed by atoms with Crippen molar-refractivity contribution in [1.29, 1.82) is 0 Å². The number of hydrogen-bond donors (Lipinski definition) is 1. The Kier molecular flexibility index (Phi) is 5.94. The highest BCUT2D eigenvalue weighted by Crippen LogP contribution is 2.33. The normalized spacial score (nSPS) is 11.2. The van der Waals surface area contributed by atoms with Gasteiger partial charge < -0.3 is 4.74 Å². The lowest BCUT2D eigenvalue weighted by molar-refractivity contribution is -0.118. The molecule has 2 aromatic carbocycles. The van der Waals surface area contributed by atoms with Crippen LogP contribution in [0.1, 0.15) is 25.3 Å². The molecule has 0 radical (unpaired) electrons. The van der Waals surface area contributed by atoms with E-state index < -0.39 is 0 Å². The minimum atomic E-state index is -0.342. The number of amides is 1. The summed E-state index contributed by atoms with van der Waals surface area (Å²) in [6, 6.07) is 12.9. The largest absolute Gasteiger partial charge is 0.484 e. The monoisotopic (exact) mass is 460 g/mol. The van der Waals surface area contributed by atoms with Crippen LogP contribution in [0.4, 0.5) is 5.95 Å². The number of carbonyl (C=O) groups is 1. The van der Waals surface area contributed by atoms with E-state index in [1.54, 1.807) is 22.7 Å². The van der Waals surface area contributed by atoms with Crippen molar-refractivity contribution in [2.75, 3.05) is 11.9 Å². The predicted molar refractivity (Wildman–Crippen MR) is 121 cm³/mol. The van der Waals surface area contributed by atoms with E-state index >= 15 is 0 Å². The molecular formula is C21H18Cl2N4O2S. The molecule has 9 heteroatoms. The lowest BCUT2D eigenvalue weighted by Gasteiger charge is -2.09. The second-order valence-electron chi connectivity index (χ2n) is 6.94. The second-order valence-corrected chi connectivity index (χ2v) is 8.62. The van der Waals surface area contributed by atoms with E-state index in [0.29, 0.717) is 26.7 Å². The molecule has 0 unspecified atom stereocenters. The summed E-state index contributed by atoms with van der Waals surface area (Å²) < 4.78 is 7.23. The maximum absolute atomic E-state index is 12.3. The van der Waals surface area contributed by atoms with Crippen molar-refractivity contribution in [3.8, 4) is 17.0 Å². The third-order valence-corrected chi connectivity index (χ3v) is 5.81. The van der Waals surface area contributed by atoms with Gasteiger partial charge in [-0.1, -0.05) is 49.2 Å². The third-order valence-electron chi connectivity index (χ3n) is 4.43. The molecule has 4 rings (SSSR count). The van der Waals surface area contributed by atoms with Crippen LogP contribution < -0.4 is 10.1 Å². The van der Waals surface area contributed by atoms with Gasteiger partial charge in [-0.25, -0.2) is 4.52 Å². The molecule has 0 saturated heterocycles. The molecule has 0 aliphatic carbocycles. The number of rotatable bonds is 6. The first-order valence-electron chi connectivity index (χ1n) is 9.23. The van der Waals surface area contributed by atoms with Gasteiger partial charge in [0.2, 0.25) is 4.96 Å². The fraction of sp³-hybridized carbons (Fsp3) is 0.190. The number of aromatic nitrogens is 3. The summed E-state index contributed by atoms with van der Waals surface area (Å²) in [6.45, 7) is 4.07. The maximum Gasteiger partial charge on any atom is 0.264 e. The van der Waals surface area contributed by atoms with Gasteiger partial charge in [0.15, 0.2) is 6.61 Å². The van der Waals surface area contributed by atoms with Gasteiger partial charge in [0.1, 0.15) is 5.75 Å². The lowest BCUT2D eigenvalue weighted by atomic mass is 10.0. The summed E-state index contributed by atoms with van der Waals surface area (Å²) in [5, 5.41) is 10.1. The molecule has 0 atom stereocenters. The number of hydrogen-bond acceptors (Lipinski definition) is 5. The smallest absolute Gasteiger partial charge is 0.264 e. The van der Waals surface area contributed by atoms with E-state index in [4.69, 9.17) is 27.9 Å². The van der Waals surface area contributed by atoms with Gasteiger partial charge in [0.05, 0.1) is 10.7 Å². The zero-order valence-electron chi connectivity index (χ0n) is 16.2. The van der Waals surface area contributed by atoms with E-state index in [9.17, 15) is 4.79 Å². The molecule has 0 aliphatic rings. The van der Waals surface area contributed by atoms with Crippen molar-refractivity contribution in [1.82, 2.24) is 14.6 Å². The lowest BCUT2D eigenvalue weighted by Crippen LogP contribution is -2.21. The molecule has 0 bridgehead atoms. The summed E-state index contributed by atoms with van der Waals surface area (Å²) in [7, 11) is 0. The first-order chi connectivity index (χ1) is 14.4. The SMILES string of the molecule is CC(C)c1cccc(OCC(=O)Nc2nc3scc(-c4cc(Cl)ccc4Cl)n3n2)c1. The Hall–Kier alpha value is -2.61. The molecule has 0 fully saturated rings. The first-order valence-corrected chi connectivity index (χ1v) is 10.9. The van der Waals surface area contributed by atoms with E-state index in [1.165, 1.54) is 11.3 Å². The Morgan fingerprint density at radius 1 is 1.23 bits per heavy atom. The zero-order valence-corrected chi connectivity index (χ0v) is 18.6. The van der Waals surface area contributed by atoms with Crippen molar-refractivity contribution in [3.05, 3.63) is 63.5 Å². The summed E-state index contributed by atoms with van der Waals surface area (Å²) in [4.78, 5) is 17.3.